The highest BCUT2D eigenvalue weighted by atomic mass is 35.5. The van der Waals surface area contributed by atoms with E-state index >= 15 is 0 Å². The number of piperidine rings is 1. The maximum atomic E-state index is 14.3. The van der Waals surface area contributed by atoms with Gasteiger partial charge in [-0.05, 0) is 42.7 Å². The summed E-state index contributed by atoms with van der Waals surface area (Å²) < 4.78 is 41.3. The first kappa shape index (κ1) is 20.8. The predicted octanol–water partition coefficient (Wildman–Crippen LogP) is 3.93. The third kappa shape index (κ3) is 4.37. The molecule has 1 aliphatic heterocycles. The average molecular weight is 425 g/mol. The molecule has 1 heterocycles. The monoisotopic (exact) mass is 424 g/mol. The third-order valence-corrected chi connectivity index (χ3v) is 7.11. The van der Waals surface area contributed by atoms with Gasteiger partial charge in [0.15, 0.2) is 0 Å². The van der Waals surface area contributed by atoms with E-state index in [1.807, 2.05) is 12.1 Å². The van der Waals surface area contributed by atoms with E-state index in [9.17, 15) is 17.6 Å². The van der Waals surface area contributed by atoms with Gasteiger partial charge in [0.25, 0.3) is 5.91 Å². The Balaban J connectivity index is 1.86. The highest BCUT2D eigenvalue weighted by Crippen LogP contribution is 2.25. The standard InChI is InChI=1S/C20H22ClFN2O3S/c1-23(14-16-7-3-4-8-17(16)21)20(25)15-9-10-18(22)19(13-15)28(26,27)24-11-5-2-6-12-24/h3-4,7-10,13H,2,5-6,11-12,14H2,1H3. The van der Waals surface area contributed by atoms with Gasteiger partial charge in [0.2, 0.25) is 10.0 Å². The van der Waals surface area contributed by atoms with Gasteiger partial charge in [0, 0.05) is 37.3 Å². The first-order valence-electron chi connectivity index (χ1n) is 9.09. The molecule has 1 saturated heterocycles. The van der Waals surface area contributed by atoms with Crippen LogP contribution in [0.15, 0.2) is 47.4 Å². The summed E-state index contributed by atoms with van der Waals surface area (Å²) >= 11 is 6.14. The zero-order valence-corrected chi connectivity index (χ0v) is 17.1. The summed E-state index contributed by atoms with van der Waals surface area (Å²) in [5, 5.41) is 0.537. The quantitative estimate of drug-likeness (QED) is 0.730. The van der Waals surface area contributed by atoms with Crippen LogP contribution in [-0.2, 0) is 16.6 Å². The van der Waals surface area contributed by atoms with Gasteiger partial charge in [-0.15, -0.1) is 0 Å². The van der Waals surface area contributed by atoms with E-state index in [0.29, 0.717) is 18.1 Å². The summed E-state index contributed by atoms with van der Waals surface area (Å²) in [5.74, 6) is -1.26. The highest BCUT2D eigenvalue weighted by Gasteiger charge is 2.29. The van der Waals surface area contributed by atoms with E-state index in [1.54, 1.807) is 19.2 Å². The van der Waals surface area contributed by atoms with Gasteiger partial charge in [0.1, 0.15) is 10.7 Å². The van der Waals surface area contributed by atoms with Crippen molar-refractivity contribution in [2.45, 2.75) is 30.7 Å². The summed E-state index contributed by atoms with van der Waals surface area (Å²) in [6.07, 6.45) is 2.46. The van der Waals surface area contributed by atoms with E-state index in [4.69, 9.17) is 11.6 Å². The molecule has 5 nitrogen and oxygen atoms in total. The molecule has 1 amide bonds. The lowest BCUT2D eigenvalue weighted by molar-refractivity contribution is 0.0785. The normalized spacial score (nSPS) is 15.4. The molecule has 0 aromatic heterocycles. The van der Waals surface area contributed by atoms with E-state index in [1.165, 1.54) is 15.3 Å². The zero-order chi connectivity index (χ0) is 20.3. The zero-order valence-electron chi connectivity index (χ0n) is 15.6. The topological polar surface area (TPSA) is 57.7 Å². The molecule has 150 valence electrons. The number of carbonyl (C=O) groups excluding carboxylic acids is 1. The summed E-state index contributed by atoms with van der Waals surface area (Å²) in [4.78, 5) is 13.7. The van der Waals surface area contributed by atoms with Crippen LogP contribution in [0.2, 0.25) is 5.02 Å². The molecule has 0 bridgehead atoms. The van der Waals surface area contributed by atoms with Crippen molar-refractivity contribution in [2.75, 3.05) is 20.1 Å². The van der Waals surface area contributed by atoms with Gasteiger partial charge in [-0.3, -0.25) is 4.79 Å². The molecule has 2 aromatic carbocycles. The molecular weight excluding hydrogens is 403 g/mol. The number of halogens is 2. The van der Waals surface area contributed by atoms with Crippen molar-refractivity contribution >= 4 is 27.5 Å². The lowest BCUT2D eigenvalue weighted by Gasteiger charge is -2.26. The van der Waals surface area contributed by atoms with Gasteiger partial charge >= 0.3 is 0 Å². The second-order valence-electron chi connectivity index (χ2n) is 6.86. The molecular formula is C20H22ClFN2O3S. The molecule has 0 radical (unpaired) electrons. The summed E-state index contributed by atoms with van der Waals surface area (Å²) in [7, 11) is -2.38. The largest absolute Gasteiger partial charge is 0.337 e. The van der Waals surface area contributed by atoms with E-state index in [2.05, 4.69) is 0 Å². The fourth-order valence-corrected chi connectivity index (χ4v) is 5.06. The number of benzene rings is 2. The lowest BCUT2D eigenvalue weighted by Crippen LogP contribution is -2.36. The molecule has 0 spiro atoms. The minimum atomic E-state index is -3.97. The molecule has 0 N–H and O–H groups in total. The highest BCUT2D eigenvalue weighted by molar-refractivity contribution is 7.89. The van der Waals surface area contributed by atoms with Crippen molar-refractivity contribution in [3.05, 3.63) is 64.4 Å². The summed E-state index contributed by atoms with van der Waals surface area (Å²) in [6.45, 7) is 0.989. The van der Waals surface area contributed by atoms with Crippen LogP contribution in [0.5, 0.6) is 0 Å². The van der Waals surface area contributed by atoms with Crippen LogP contribution in [0, 0.1) is 5.82 Å². The van der Waals surface area contributed by atoms with Crippen molar-refractivity contribution in [3.8, 4) is 0 Å². The molecule has 0 atom stereocenters. The molecule has 0 saturated carbocycles. The Labute approximate surface area is 169 Å². The van der Waals surface area contributed by atoms with Crippen molar-refractivity contribution in [1.29, 1.82) is 0 Å². The first-order chi connectivity index (χ1) is 13.3. The van der Waals surface area contributed by atoms with Gasteiger partial charge in [-0.2, -0.15) is 4.31 Å². The van der Waals surface area contributed by atoms with Gasteiger partial charge in [-0.25, -0.2) is 12.8 Å². The SMILES string of the molecule is CN(Cc1ccccc1Cl)C(=O)c1ccc(F)c(S(=O)(=O)N2CCCCC2)c1. The Morgan fingerprint density at radius 3 is 2.50 bits per heavy atom. The third-order valence-electron chi connectivity index (χ3n) is 4.82. The Kier molecular flexibility index (Phi) is 6.37. The Morgan fingerprint density at radius 1 is 1.14 bits per heavy atom. The number of amides is 1. The minimum Gasteiger partial charge on any atom is -0.337 e. The molecule has 0 unspecified atom stereocenters. The number of rotatable bonds is 5. The predicted molar refractivity (Wildman–Crippen MR) is 106 cm³/mol. The van der Waals surface area contributed by atoms with Gasteiger partial charge in [0.05, 0.1) is 0 Å². The smallest absolute Gasteiger partial charge is 0.253 e. The number of nitrogens with zero attached hydrogens (tertiary/aromatic N) is 2. The second-order valence-corrected chi connectivity index (χ2v) is 9.18. The summed E-state index contributed by atoms with van der Waals surface area (Å²) in [6, 6.07) is 10.6. The molecule has 28 heavy (non-hydrogen) atoms. The Morgan fingerprint density at radius 2 is 1.82 bits per heavy atom. The van der Waals surface area contributed by atoms with E-state index in [0.717, 1.165) is 37.0 Å². The van der Waals surface area contributed by atoms with Crippen molar-refractivity contribution < 1.29 is 17.6 Å². The minimum absolute atomic E-state index is 0.117. The van der Waals surface area contributed by atoms with Crippen molar-refractivity contribution in [2.24, 2.45) is 0 Å². The molecule has 0 aliphatic carbocycles. The molecule has 1 fully saturated rings. The average Bonchev–Trinajstić information content (AvgIpc) is 2.70. The molecule has 3 rings (SSSR count). The van der Waals surface area contributed by atoms with Crippen LogP contribution >= 0.6 is 11.6 Å². The maximum absolute atomic E-state index is 14.3. The van der Waals surface area contributed by atoms with Gasteiger partial charge < -0.3 is 4.90 Å². The van der Waals surface area contributed by atoms with Crippen LogP contribution < -0.4 is 0 Å². The van der Waals surface area contributed by atoms with Crippen molar-refractivity contribution in [3.63, 3.8) is 0 Å². The molecule has 8 heteroatoms. The van der Waals surface area contributed by atoms with Crippen LogP contribution in [0.3, 0.4) is 0 Å². The number of hydrogen-bond donors (Lipinski definition) is 0. The Hall–Kier alpha value is -1.96. The van der Waals surface area contributed by atoms with E-state index in [-0.39, 0.29) is 12.1 Å². The lowest BCUT2D eigenvalue weighted by atomic mass is 10.1. The number of carbonyl (C=O) groups is 1. The second kappa shape index (κ2) is 8.59. The first-order valence-corrected chi connectivity index (χ1v) is 10.9. The maximum Gasteiger partial charge on any atom is 0.253 e. The number of hydrogen-bond acceptors (Lipinski definition) is 3. The van der Waals surface area contributed by atoms with E-state index < -0.39 is 26.6 Å². The van der Waals surface area contributed by atoms with Crippen LogP contribution in [0.25, 0.3) is 0 Å². The molecule has 1 aliphatic rings. The molecule has 2 aromatic rings. The fourth-order valence-electron chi connectivity index (χ4n) is 3.25. The van der Waals surface area contributed by atoms with Crippen LogP contribution in [0.4, 0.5) is 4.39 Å². The van der Waals surface area contributed by atoms with Crippen LogP contribution in [0.1, 0.15) is 35.2 Å². The van der Waals surface area contributed by atoms with Gasteiger partial charge in [-0.1, -0.05) is 36.2 Å². The summed E-state index contributed by atoms with van der Waals surface area (Å²) in [5.41, 5.74) is 0.884. The van der Waals surface area contributed by atoms with Crippen molar-refractivity contribution in [1.82, 2.24) is 9.21 Å². The Bertz CT molecular complexity index is 975. The fraction of sp³-hybridized carbons (Fsp3) is 0.350. The number of sulfonamides is 1. The van der Waals surface area contributed by atoms with Crippen LogP contribution in [-0.4, -0.2) is 43.7 Å².